The van der Waals surface area contributed by atoms with E-state index in [1.54, 1.807) is 0 Å². The summed E-state index contributed by atoms with van der Waals surface area (Å²) in [6, 6.07) is 19.8. The molecule has 0 radical (unpaired) electrons. The molecule has 1 saturated heterocycles. The number of hydrogen-bond acceptors (Lipinski definition) is 3. The SMILES string of the molecule is CC(C)(C)c1ccc(CN2CCN(c3nccc4ccccc34)CC2)cc1.Cl. The molecule has 1 aliphatic heterocycles. The van der Waals surface area contributed by atoms with Crippen molar-refractivity contribution in [1.82, 2.24) is 9.88 Å². The molecule has 0 bridgehead atoms. The fraction of sp³-hybridized carbons (Fsp3) is 0.375. The maximum Gasteiger partial charge on any atom is 0.136 e. The van der Waals surface area contributed by atoms with E-state index in [1.165, 1.54) is 21.9 Å². The van der Waals surface area contributed by atoms with Crippen LogP contribution in [0.2, 0.25) is 0 Å². The molecule has 3 aromatic rings. The number of nitrogens with zero attached hydrogens (tertiary/aromatic N) is 3. The molecule has 1 aromatic heterocycles. The number of fused-ring (bicyclic) bond motifs is 1. The van der Waals surface area contributed by atoms with E-state index in [9.17, 15) is 0 Å². The van der Waals surface area contributed by atoms with Crippen LogP contribution < -0.4 is 4.90 Å². The molecule has 148 valence electrons. The van der Waals surface area contributed by atoms with Gasteiger partial charge in [-0.25, -0.2) is 4.98 Å². The monoisotopic (exact) mass is 395 g/mol. The maximum atomic E-state index is 4.68. The summed E-state index contributed by atoms with van der Waals surface area (Å²) in [7, 11) is 0. The first-order valence-corrected chi connectivity index (χ1v) is 9.91. The molecule has 2 heterocycles. The number of piperazine rings is 1. The number of benzene rings is 2. The Morgan fingerprint density at radius 2 is 1.54 bits per heavy atom. The third-order valence-corrected chi connectivity index (χ3v) is 5.55. The van der Waals surface area contributed by atoms with Crippen molar-refractivity contribution < 1.29 is 0 Å². The molecule has 2 aromatic carbocycles. The van der Waals surface area contributed by atoms with Crippen LogP contribution in [0.15, 0.2) is 60.8 Å². The Kier molecular flexibility index (Phi) is 6.26. The van der Waals surface area contributed by atoms with Crippen LogP contribution in [0.4, 0.5) is 5.82 Å². The third kappa shape index (κ3) is 4.48. The lowest BCUT2D eigenvalue weighted by Gasteiger charge is -2.36. The van der Waals surface area contributed by atoms with Crippen molar-refractivity contribution in [2.75, 3.05) is 31.1 Å². The summed E-state index contributed by atoms with van der Waals surface area (Å²) in [5.74, 6) is 1.13. The lowest BCUT2D eigenvalue weighted by molar-refractivity contribution is 0.249. The van der Waals surface area contributed by atoms with Crippen molar-refractivity contribution >= 4 is 29.0 Å². The van der Waals surface area contributed by atoms with Gasteiger partial charge >= 0.3 is 0 Å². The second kappa shape index (κ2) is 8.50. The van der Waals surface area contributed by atoms with E-state index in [-0.39, 0.29) is 17.8 Å². The largest absolute Gasteiger partial charge is 0.354 e. The predicted octanol–water partition coefficient (Wildman–Crippen LogP) is 5.28. The van der Waals surface area contributed by atoms with Crippen molar-refractivity contribution in [1.29, 1.82) is 0 Å². The van der Waals surface area contributed by atoms with Gasteiger partial charge in [-0.15, -0.1) is 12.4 Å². The van der Waals surface area contributed by atoms with Crippen LogP contribution in [-0.2, 0) is 12.0 Å². The Balaban J connectivity index is 0.00000225. The molecule has 0 spiro atoms. The molecule has 0 aliphatic carbocycles. The first-order chi connectivity index (χ1) is 13.0. The van der Waals surface area contributed by atoms with Crippen LogP contribution in [0.25, 0.3) is 10.8 Å². The van der Waals surface area contributed by atoms with E-state index in [0.29, 0.717) is 0 Å². The Morgan fingerprint density at radius 3 is 2.21 bits per heavy atom. The lowest BCUT2D eigenvalue weighted by atomic mass is 9.87. The first-order valence-electron chi connectivity index (χ1n) is 9.91. The van der Waals surface area contributed by atoms with E-state index in [2.05, 4.69) is 90.2 Å². The molecule has 0 N–H and O–H groups in total. The minimum absolute atomic E-state index is 0. The molecule has 0 amide bonds. The van der Waals surface area contributed by atoms with Gasteiger partial charge in [0.15, 0.2) is 0 Å². The average molecular weight is 396 g/mol. The summed E-state index contributed by atoms with van der Waals surface area (Å²) >= 11 is 0. The van der Waals surface area contributed by atoms with Gasteiger partial charge in [0.2, 0.25) is 0 Å². The van der Waals surface area contributed by atoms with E-state index >= 15 is 0 Å². The molecule has 3 nitrogen and oxygen atoms in total. The highest BCUT2D eigenvalue weighted by Crippen LogP contribution is 2.26. The number of anilines is 1. The molecule has 28 heavy (non-hydrogen) atoms. The minimum atomic E-state index is 0. The standard InChI is InChI=1S/C24H29N3.ClH/c1-24(2,3)21-10-8-19(9-11-21)18-26-14-16-27(17-15-26)23-22-7-5-4-6-20(22)12-13-25-23;/h4-13H,14-18H2,1-3H3;1H. The molecule has 0 atom stereocenters. The van der Waals surface area contributed by atoms with E-state index in [1.807, 2.05) is 6.20 Å². The Labute approximate surface area is 174 Å². The van der Waals surface area contributed by atoms with Gasteiger partial charge in [-0.2, -0.15) is 0 Å². The fourth-order valence-corrected chi connectivity index (χ4v) is 3.84. The third-order valence-electron chi connectivity index (χ3n) is 5.55. The molecular weight excluding hydrogens is 366 g/mol. The fourth-order valence-electron chi connectivity index (χ4n) is 3.84. The van der Waals surface area contributed by atoms with Gasteiger partial charge in [-0.05, 0) is 28.0 Å². The highest BCUT2D eigenvalue weighted by Gasteiger charge is 2.20. The minimum Gasteiger partial charge on any atom is -0.354 e. The highest BCUT2D eigenvalue weighted by atomic mass is 35.5. The van der Waals surface area contributed by atoms with Crippen LogP contribution in [-0.4, -0.2) is 36.1 Å². The molecule has 0 unspecified atom stereocenters. The zero-order valence-corrected chi connectivity index (χ0v) is 17.9. The van der Waals surface area contributed by atoms with Gasteiger partial charge in [0.25, 0.3) is 0 Å². The van der Waals surface area contributed by atoms with Crippen molar-refractivity contribution in [3.8, 4) is 0 Å². The second-order valence-electron chi connectivity index (χ2n) is 8.57. The van der Waals surface area contributed by atoms with E-state index in [0.717, 1.165) is 38.5 Å². The summed E-state index contributed by atoms with van der Waals surface area (Å²) in [6.45, 7) is 12.0. The average Bonchev–Trinajstić information content (AvgIpc) is 2.68. The predicted molar refractivity (Wildman–Crippen MR) is 122 cm³/mol. The van der Waals surface area contributed by atoms with Crippen LogP contribution in [0, 0.1) is 0 Å². The van der Waals surface area contributed by atoms with Crippen molar-refractivity contribution in [3.05, 3.63) is 71.9 Å². The van der Waals surface area contributed by atoms with Crippen LogP contribution >= 0.6 is 12.4 Å². The number of pyridine rings is 1. The van der Waals surface area contributed by atoms with Crippen LogP contribution in [0.3, 0.4) is 0 Å². The van der Waals surface area contributed by atoms with E-state index < -0.39 is 0 Å². The number of aromatic nitrogens is 1. The quantitative estimate of drug-likeness (QED) is 0.601. The summed E-state index contributed by atoms with van der Waals surface area (Å²) in [6.07, 6.45) is 1.93. The zero-order valence-electron chi connectivity index (χ0n) is 17.1. The zero-order chi connectivity index (χ0) is 18.9. The molecule has 0 saturated carbocycles. The number of rotatable bonds is 3. The van der Waals surface area contributed by atoms with Gasteiger partial charge in [0.05, 0.1) is 0 Å². The van der Waals surface area contributed by atoms with Crippen molar-refractivity contribution in [2.24, 2.45) is 0 Å². The highest BCUT2D eigenvalue weighted by molar-refractivity contribution is 5.92. The summed E-state index contributed by atoms with van der Waals surface area (Å²) < 4.78 is 0. The molecule has 1 fully saturated rings. The normalized spacial score (nSPS) is 15.5. The Hall–Kier alpha value is -2.10. The number of hydrogen-bond donors (Lipinski definition) is 0. The smallest absolute Gasteiger partial charge is 0.136 e. The molecule has 1 aliphatic rings. The molecule has 4 heteroatoms. The van der Waals surface area contributed by atoms with Gasteiger partial charge < -0.3 is 4.90 Å². The van der Waals surface area contributed by atoms with E-state index in [4.69, 9.17) is 0 Å². The van der Waals surface area contributed by atoms with Gasteiger partial charge in [-0.1, -0.05) is 69.3 Å². The molecule has 4 rings (SSSR count). The van der Waals surface area contributed by atoms with Crippen molar-refractivity contribution in [2.45, 2.75) is 32.7 Å². The Bertz CT molecular complexity index is 902. The summed E-state index contributed by atoms with van der Waals surface area (Å²) in [5.41, 5.74) is 3.02. The van der Waals surface area contributed by atoms with Gasteiger partial charge in [0.1, 0.15) is 5.82 Å². The topological polar surface area (TPSA) is 19.4 Å². The van der Waals surface area contributed by atoms with Crippen molar-refractivity contribution in [3.63, 3.8) is 0 Å². The molecular formula is C24H30ClN3. The summed E-state index contributed by atoms with van der Waals surface area (Å²) in [5, 5.41) is 2.52. The number of halogens is 1. The van der Waals surface area contributed by atoms with Gasteiger partial charge in [0, 0.05) is 44.3 Å². The first kappa shape index (κ1) is 20.6. The Morgan fingerprint density at radius 1 is 0.857 bits per heavy atom. The second-order valence-corrected chi connectivity index (χ2v) is 8.57. The van der Waals surface area contributed by atoms with Crippen LogP contribution in [0.1, 0.15) is 31.9 Å². The lowest BCUT2D eigenvalue weighted by Crippen LogP contribution is -2.46. The maximum absolute atomic E-state index is 4.68. The van der Waals surface area contributed by atoms with Gasteiger partial charge in [-0.3, -0.25) is 4.90 Å². The summed E-state index contributed by atoms with van der Waals surface area (Å²) in [4.78, 5) is 9.66. The van der Waals surface area contributed by atoms with Crippen LogP contribution in [0.5, 0.6) is 0 Å².